The summed E-state index contributed by atoms with van der Waals surface area (Å²) in [5, 5.41) is 4.47. The number of rotatable bonds is 8. The number of hydrogen-bond donors (Lipinski definition) is 1. The van der Waals surface area contributed by atoms with E-state index in [1.165, 1.54) is 11.8 Å². The molecule has 3 heterocycles. The number of aromatic nitrogens is 2. The van der Waals surface area contributed by atoms with Gasteiger partial charge in [-0.2, -0.15) is 0 Å². The molecule has 3 aromatic rings. The molecule has 1 saturated heterocycles. The highest BCUT2D eigenvalue weighted by molar-refractivity contribution is 7.99. The Morgan fingerprint density at radius 1 is 1.26 bits per heavy atom. The number of thioether (sulfide) groups is 1. The third-order valence-corrected chi connectivity index (χ3v) is 6.64. The number of hydrogen-bond acceptors (Lipinski definition) is 5. The summed E-state index contributed by atoms with van der Waals surface area (Å²) in [6, 6.07) is 11.2. The van der Waals surface area contributed by atoms with Gasteiger partial charge in [-0.3, -0.25) is 4.79 Å². The van der Waals surface area contributed by atoms with Crippen LogP contribution in [0.15, 0.2) is 46.0 Å². The summed E-state index contributed by atoms with van der Waals surface area (Å²) in [5.41, 5.74) is 3.07. The summed E-state index contributed by atoms with van der Waals surface area (Å²) in [6.45, 7) is 6.03. The number of carbonyl (C=O) groups is 1. The monoisotopic (exact) mass is 459 g/mol. The Morgan fingerprint density at radius 2 is 2.06 bits per heavy atom. The lowest BCUT2D eigenvalue weighted by Gasteiger charge is -2.14. The van der Waals surface area contributed by atoms with E-state index >= 15 is 0 Å². The zero-order chi connectivity index (χ0) is 21.8. The van der Waals surface area contributed by atoms with Crippen LogP contribution in [0.25, 0.3) is 11.3 Å². The van der Waals surface area contributed by atoms with Crippen LogP contribution in [0, 0.1) is 13.8 Å². The van der Waals surface area contributed by atoms with E-state index in [1.807, 2.05) is 43.3 Å². The maximum absolute atomic E-state index is 12.4. The summed E-state index contributed by atoms with van der Waals surface area (Å²) in [6.07, 6.45) is 2.41. The molecule has 0 spiro atoms. The molecule has 1 unspecified atom stereocenters. The van der Waals surface area contributed by atoms with Gasteiger partial charge in [-0.05, 0) is 63.1 Å². The second-order valence-electron chi connectivity index (χ2n) is 7.65. The molecular formula is C23H26ClN3O3S. The first-order valence-electron chi connectivity index (χ1n) is 10.4. The minimum absolute atomic E-state index is 0.0589. The number of amides is 1. The minimum atomic E-state index is -0.0589. The van der Waals surface area contributed by atoms with Crippen LogP contribution in [0.3, 0.4) is 0 Å². The third kappa shape index (κ3) is 5.53. The average Bonchev–Trinajstić information content (AvgIpc) is 3.50. The van der Waals surface area contributed by atoms with Gasteiger partial charge in [-0.25, -0.2) is 4.98 Å². The van der Waals surface area contributed by atoms with Crippen LogP contribution >= 0.6 is 23.4 Å². The van der Waals surface area contributed by atoms with E-state index in [9.17, 15) is 4.79 Å². The second kappa shape index (κ2) is 9.94. The van der Waals surface area contributed by atoms with Crippen molar-refractivity contribution in [3.8, 4) is 11.3 Å². The molecule has 6 nitrogen and oxygen atoms in total. The zero-order valence-electron chi connectivity index (χ0n) is 17.7. The van der Waals surface area contributed by atoms with Gasteiger partial charge in [0.25, 0.3) is 0 Å². The van der Waals surface area contributed by atoms with Crippen LogP contribution in [0.4, 0.5) is 0 Å². The Hall–Kier alpha value is -2.22. The van der Waals surface area contributed by atoms with E-state index in [0.29, 0.717) is 23.1 Å². The van der Waals surface area contributed by atoms with Crippen molar-refractivity contribution in [2.24, 2.45) is 0 Å². The lowest BCUT2D eigenvalue weighted by molar-refractivity contribution is -0.118. The molecule has 0 aliphatic carbocycles. The SMILES string of the molecule is Cc1nc(SCC(=O)NCc2ccc(-c3ccc(Cl)cc3)o2)n(CC2CCCO2)c1C. The van der Waals surface area contributed by atoms with Crippen LogP contribution < -0.4 is 5.32 Å². The van der Waals surface area contributed by atoms with Crippen LogP contribution in [-0.2, 0) is 22.6 Å². The normalized spacial score (nSPS) is 16.0. The van der Waals surface area contributed by atoms with Crippen LogP contribution in [-0.4, -0.2) is 33.9 Å². The standard InChI is InChI=1S/C23H26ClN3O3S/c1-15-16(2)27(13-20-4-3-11-29-20)23(26-15)31-14-22(28)25-12-19-9-10-21(30-19)17-5-7-18(24)8-6-17/h5-10,20H,3-4,11-14H2,1-2H3,(H,25,28). The molecule has 0 saturated carbocycles. The molecule has 0 bridgehead atoms. The molecule has 1 aromatic carbocycles. The van der Waals surface area contributed by atoms with E-state index < -0.39 is 0 Å². The number of ether oxygens (including phenoxy) is 1. The Kier molecular flexibility index (Phi) is 7.05. The smallest absolute Gasteiger partial charge is 0.230 e. The van der Waals surface area contributed by atoms with E-state index in [2.05, 4.69) is 21.8 Å². The maximum atomic E-state index is 12.4. The molecule has 164 valence electrons. The van der Waals surface area contributed by atoms with Gasteiger partial charge in [0.2, 0.25) is 5.91 Å². The Bertz CT molecular complexity index is 1040. The minimum Gasteiger partial charge on any atom is -0.459 e. The zero-order valence-corrected chi connectivity index (χ0v) is 19.3. The number of aryl methyl sites for hydroxylation is 1. The Morgan fingerprint density at radius 3 is 2.81 bits per heavy atom. The average molecular weight is 460 g/mol. The summed E-state index contributed by atoms with van der Waals surface area (Å²) in [4.78, 5) is 17.0. The van der Waals surface area contributed by atoms with Crippen molar-refractivity contribution in [2.75, 3.05) is 12.4 Å². The molecule has 1 N–H and O–H groups in total. The molecular weight excluding hydrogens is 434 g/mol. The molecule has 1 aliphatic heterocycles. The van der Waals surface area contributed by atoms with Crippen molar-refractivity contribution in [1.29, 1.82) is 0 Å². The number of nitrogens with zero attached hydrogens (tertiary/aromatic N) is 2. The number of halogens is 1. The summed E-state index contributed by atoms with van der Waals surface area (Å²) in [5.74, 6) is 1.69. The lowest BCUT2D eigenvalue weighted by atomic mass is 10.2. The molecule has 1 aliphatic rings. The molecule has 0 radical (unpaired) electrons. The molecule has 1 atom stereocenters. The van der Waals surface area contributed by atoms with Gasteiger partial charge < -0.3 is 19.0 Å². The van der Waals surface area contributed by atoms with E-state index in [0.717, 1.165) is 53.9 Å². The van der Waals surface area contributed by atoms with Crippen molar-refractivity contribution < 1.29 is 13.9 Å². The van der Waals surface area contributed by atoms with Gasteiger partial charge in [0.05, 0.1) is 30.6 Å². The lowest BCUT2D eigenvalue weighted by Crippen LogP contribution is -2.24. The number of imidazole rings is 1. The number of carbonyl (C=O) groups excluding carboxylic acids is 1. The van der Waals surface area contributed by atoms with E-state index in [4.69, 9.17) is 20.8 Å². The van der Waals surface area contributed by atoms with Gasteiger partial charge in [-0.1, -0.05) is 23.4 Å². The molecule has 2 aromatic heterocycles. The fourth-order valence-electron chi connectivity index (χ4n) is 3.55. The van der Waals surface area contributed by atoms with Gasteiger partial charge >= 0.3 is 0 Å². The largest absolute Gasteiger partial charge is 0.459 e. The molecule has 31 heavy (non-hydrogen) atoms. The Balaban J connectivity index is 1.30. The van der Waals surface area contributed by atoms with Gasteiger partial charge in [-0.15, -0.1) is 0 Å². The predicted molar refractivity (Wildman–Crippen MR) is 122 cm³/mol. The first-order valence-corrected chi connectivity index (χ1v) is 11.8. The van der Waals surface area contributed by atoms with E-state index in [1.54, 1.807) is 0 Å². The molecule has 8 heteroatoms. The van der Waals surface area contributed by atoms with Gasteiger partial charge in [0, 0.05) is 22.9 Å². The van der Waals surface area contributed by atoms with Crippen molar-refractivity contribution in [2.45, 2.75) is 51.0 Å². The van der Waals surface area contributed by atoms with Gasteiger partial charge in [0.15, 0.2) is 5.16 Å². The van der Waals surface area contributed by atoms with Crippen molar-refractivity contribution in [3.63, 3.8) is 0 Å². The van der Waals surface area contributed by atoms with Crippen LogP contribution in [0.5, 0.6) is 0 Å². The highest BCUT2D eigenvalue weighted by atomic mass is 35.5. The molecule has 1 amide bonds. The highest BCUT2D eigenvalue weighted by Gasteiger charge is 2.20. The first kappa shape index (κ1) is 22.0. The predicted octanol–water partition coefficient (Wildman–Crippen LogP) is 5.00. The van der Waals surface area contributed by atoms with Crippen molar-refractivity contribution in [1.82, 2.24) is 14.9 Å². The third-order valence-electron chi connectivity index (χ3n) is 5.42. The van der Waals surface area contributed by atoms with Gasteiger partial charge in [0.1, 0.15) is 11.5 Å². The number of nitrogens with one attached hydrogen (secondary N) is 1. The van der Waals surface area contributed by atoms with Crippen LogP contribution in [0.2, 0.25) is 5.02 Å². The fraction of sp³-hybridized carbons (Fsp3) is 0.391. The topological polar surface area (TPSA) is 69.3 Å². The van der Waals surface area contributed by atoms with E-state index in [-0.39, 0.29) is 12.0 Å². The summed E-state index contributed by atoms with van der Waals surface area (Å²) < 4.78 is 13.8. The van der Waals surface area contributed by atoms with Crippen molar-refractivity contribution in [3.05, 3.63) is 58.6 Å². The second-order valence-corrected chi connectivity index (χ2v) is 9.03. The molecule has 4 rings (SSSR count). The molecule has 1 fully saturated rings. The quantitative estimate of drug-likeness (QED) is 0.480. The summed E-state index contributed by atoms with van der Waals surface area (Å²) in [7, 11) is 0. The number of furan rings is 1. The Labute approximate surface area is 191 Å². The van der Waals surface area contributed by atoms with Crippen molar-refractivity contribution >= 4 is 29.3 Å². The highest BCUT2D eigenvalue weighted by Crippen LogP contribution is 2.25. The van der Waals surface area contributed by atoms with Crippen LogP contribution in [0.1, 0.15) is 30.0 Å². The number of benzene rings is 1. The maximum Gasteiger partial charge on any atom is 0.230 e. The first-order chi connectivity index (χ1) is 15.0. The fourth-order valence-corrected chi connectivity index (χ4v) is 4.61. The summed E-state index contributed by atoms with van der Waals surface area (Å²) >= 11 is 7.39.